The zero-order valence-corrected chi connectivity index (χ0v) is 17.6. The van der Waals surface area contributed by atoms with Crippen molar-refractivity contribution in [3.8, 4) is 5.75 Å². The second-order valence-corrected chi connectivity index (χ2v) is 7.74. The van der Waals surface area contributed by atoms with Gasteiger partial charge < -0.3 is 15.4 Å². The molecule has 0 saturated heterocycles. The van der Waals surface area contributed by atoms with Gasteiger partial charge in [-0.25, -0.2) is 0 Å². The number of thioether (sulfide) groups is 1. The molecule has 0 aliphatic heterocycles. The van der Waals surface area contributed by atoms with Crippen LogP contribution in [0.4, 0.5) is 11.4 Å². The first-order chi connectivity index (χ1) is 14.6. The SMILES string of the molecule is Cc1ccc(CSCC(=O)Nc2cccc(OCC(=O)Nc3ccccc3)c2)cc1. The summed E-state index contributed by atoms with van der Waals surface area (Å²) in [5.74, 6) is 1.34. The number of hydrogen-bond donors (Lipinski definition) is 2. The fraction of sp³-hybridized carbons (Fsp3) is 0.167. The molecule has 0 saturated carbocycles. The summed E-state index contributed by atoms with van der Waals surface area (Å²) < 4.78 is 5.54. The maximum Gasteiger partial charge on any atom is 0.262 e. The molecule has 5 nitrogen and oxygen atoms in total. The van der Waals surface area contributed by atoms with Crippen LogP contribution in [-0.4, -0.2) is 24.2 Å². The van der Waals surface area contributed by atoms with E-state index in [1.165, 1.54) is 11.1 Å². The van der Waals surface area contributed by atoms with Crippen molar-refractivity contribution in [2.45, 2.75) is 12.7 Å². The molecule has 0 atom stereocenters. The van der Waals surface area contributed by atoms with Gasteiger partial charge in [0.2, 0.25) is 5.91 Å². The number of aryl methyl sites for hydroxylation is 1. The first kappa shape index (κ1) is 21.5. The van der Waals surface area contributed by atoms with Gasteiger partial charge in [0, 0.05) is 23.2 Å². The van der Waals surface area contributed by atoms with Crippen molar-refractivity contribution < 1.29 is 14.3 Å². The third-order valence-electron chi connectivity index (χ3n) is 4.17. The number of carbonyl (C=O) groups excluding carboxylic acids is 2. The van der Waals surface area contributed by atoms with Crippen LogP contribution >= 0.6 is 11.8 Å². The Morgan fingerprint density at radius 2 is 1.53 bits per heavy atom. The molecule has 0 heterocycles. The Kier molecular flexibility index (Phi) is 7.92. The number of rotatable bonds is 9. The zero-order valence-electron chi connectivity index (χ0n) is 16.8. The third-order valence-corrected chi connectivity index (χ3v) is 5.17. The Morgan fingerprint density at radius 1 is 0.833 bits per heavy atom. The second kappa shape index (κ2) is 11.1. The number of amides is 2. The van der Waals surface area contributed by atoms with Crippen LogP contribution in [0.1, 0.15) is 11.1 Å². The molecule has 0 unspecified atom stereocenters. The van der Waals surface area contributed by atoms with E-state index in [0.717, 1.165) is 11.4 Å². The van der Waals surface area contributed by atoms with Gasteiger partial charge in [0.25, 0.3) is 5.91 Å². The molecule has 0 radical (unpaired) electrons. The molecule has 6 heteroatoms. The van der Waals surface area contributed by atoms with Crippen molar-refractivity contribution >= 4 is 35.0 Å². The van der Waals surface area contributed by atoms with E-state index >= 15 is 0 Å². The van der Waals surface area contributed by atoms with Gasteiger partial charge in [0.1, 0.15) is 5.75 Å². The van der Waals surface area contributed by atoms with Crippen LogP contribution < -0.4 is 15.4 Å². The highest BCUT2D eigenvalue weighted by atomic mass is 32.2. The van der Waals surface area contributed by atoms with Gasteiger partial charge in [-0.1, -0.05) is 54.1 Å². The summed E-state index contributed by atoms with van der Waals surface area (Å²) in [6.07, 6.45) is 0. The Bertz CT molecular complexity index is 975. The maximum atomic E-state index is 12.2. The third kappa shape index (κ3) is 7.29. The fourth-order valence-electron chi connectivity index (χ4n) is 2.67. The molecule has 3 rings (SSSR count). The first-order valence-corrected chi connectivity index (χ1v) is 10.7. The average Bonchev–Trinajstić information content (AvgIpc) is 2.75. The van der Waals surface area contributed by atoms with E-state index in [1.807, 2.05) is 30.3 Å². The molecule has 3 aromatic carbocycles. The van der Waals surface area contributed by atoms with Crippen LogP contribution in [-0.2, 0) is 15.3 Å². The van der Waals surface area contributed by atoms with Crippen LogP contribution in [0.15, 0.2) is 78.9 Å². The Labute approximate surface area is 180 Å². The van der Waals surface area contributed by atoms with Gasteiger partial charge in [-0.15, -0.1) is 11.8 Å². The molecular formula is C24H24N2O3S. The summed E-state index contributed by atoms with van der Waals surface area (Å²) in [7, 11) is 0. The van der Waals surface area contributed by atoms with E-state index in [4.69, 9.17) is 4.74 Å². The van der Waals surface area contributed by atoms with Crippen LogP contribution in [0, 0.1) is 6.92 Å². The molecule has 0 spiro atoms. The Hall–Kier alpha value is -3.25. The monoisotopic (exact) mass is 420 g/mol. The number of benzene rings is 3. The fourth-order valence-corrected chi connectivity index (χ4v) is 3.46. The molecule has 0 fully saturated rings. The van der Waals surface area contributed by atoms with E-state index in [-0.39, 0.29) is 18.4 Å². The minimum atomic E-state index is -0.247. The number of carbonyl (C=O) groups is 2. The van der Waals surface area contributed by atoms with Crippen molar-refractivity contribution in [1.29, 1.82) is 0 Å². The quantitative estimate of drug-likeness (QED) is 0.517. The summed E-state index contributed by atoms with van der Waals surface area (Å²) in [4.78, 5) is 24.2. The van der Waals surface area contributed by atoms with E-state index in [1.54, 1.807) is 36.0 Å². The molecule has 0 aromatic heterocycles. The molecule has 0 bridgehead atoms. The lowest BCUT2D eigenvalue weighted by Gasteiger charge is -2.10. The highest BCUT2D eigenvalue weighted by Crippen LogP contribution is 2.19. The maximum absolute atomic E-state index is 12.2. The lowest BCUT2D eigenvalue weighted by Crippen LogP contribution is -2.20. The second-order valence-electron chi connectivity index (χ2n) is 6.76. The van der Waals surface area contributed by atoms with Crippen molar-refractivity contribution in [3.63, 3.8) is 0 Å². The minimum Gasteiger partial charge on any atom is -0.484 e. The molecule has 30 heavy (non-hydrogen) atoms. The lowest BCUT2D eigenvalue weighted by molar-refractivity contribution is -0.118. The van der Waals surface area contributed by atoms with E-state index in [9.17, 15) is 9.59 Å². The van der Waals surface area contributed by atoms with Crippen LogP contribution in [0.25, 0.3) is 0 Å². The number of ether oxygens (including phenoxy) is 1. The summed E-state index contributed by atoms with van der Waals surface area (Å²) >= 11 is 1.56. The minimum absolute atomic E-state index is 0.0777. The summed E-state index contributed by atoms with van der Waals surface area (Å²) in [6, 6.07) is 24.5. The predicted molar refractivity (Wildman–Crippen MR) is 123 cm³/mol. The summed E-state index contributed by atoms with van der Waals surface area (Å²) in [6.45, 7) is 1.94. The lowest BCUT2D eigenvalue weighted by atomic mass is 10.2. The van der Waals surface area contributed by atoms with E-state index in [2.05, 4.69) is 41.8 Å². The van der Waals surface area contributed by atoms with Crippen molar-refractivity contribution in [3.05, 3.63) is 90.0 Å². The molecule has 2 N–H and O–H groups in total. The van der Waals surface area contributed by atoms with Gasteiger partial charge in [0.05, 0.1) is 5.75 Å². The van der Waals surface area contributed by atoms with Gasteiger partial charge in [-0.3, -0.25) is 9.59 Å². The van der Waals surface area contributed by atoms with Crippen molar-refractivity contribution in [2.75, 3.05) is 23.0 Å². The van der Waals surface area contributed by atoms with Crippen LogP contribution in [0.2, 0.25) is 0 Å². The van der Waals surface area contributed by atoms with Crippen molar-refractivity contribution in [1.82, 2.24) is 0 Å². The predicted octanol–water partition coefficient (Wildman–Crippen LogP) is 4.88. The smallest absolute Gasteiger partial charge is 0.262 e. The zero-order chi connectivity index (χ0) is 21.2. The largest absolute Gasteiger partial charge is 0.484 e. The summed E-state index contributed by atoms with van der Waals surface area (Å²) in [5, 5.41) is 5.63. The summed E-state index contributed by atoms with van der Waals surface area (Å²) in [5.41, 5.74) is 3.77. The molecule has 2 amide bonds. The van der Waals surface area contributed by atoms with Crippen molar-refractivity contribution in [2.24, 2.45) is 0 Å². The first-order valence-electron chi connectivity index (χ1n) is 9.59. The highest BCUT2D eigenvalue weighted by Gasteiger charge is 2.06. The van der Waals surface area contributed by atoms with Gasteiger partial charge in [0.15, 0.2) is 6.61 Å². The van der Waals surface area contributed by atoms with Crippen LogP contribution in [0.3, 0.4) is 0 Å². The average molecular weight is 421 g/mol. The topological polar surface area (TPSA) is 67.4 Å². The molecule has 0 aliphatic carbocycles. The number of anilines is 2. The molecule has 154 valence electrons. The standard InChI is InChI=1S/C24H24N2O3S/c1-18-10-12-19(13-11-18)16-30-17-24(28)26-21-8-5-9-22(14-21)29-15-23(27)25-20-6-3-2-4-7-20/h2-14H,15-17H2,1H3,(H,25,27)(H,26,28). The Balaban J connectivity index is 1.42. The van der Waals surface area contributed by atoms with Gasteiger partial charge in [-0.05, 0) is 36.8 Å². The molecule has 0 aliphatic rings. The van der Waals surface area contributed by atoms with Gasteiger partial charge >= 0.3 is 0 Å². The molecular weight excluding hydrogens is 396 g/mol. The number of hydrogen-bond acceptors (Lipinski definition) is 4. The number of para-hydroxylation sites is 1. The van der Waals surface area contributed by atoms with Crippen LogP contribution in [0.5, 0.6) is 5.75 Å². The van der Waals surface area contributed by atoms with E-state index < -0.39 is 0 Å². The highest BCUT2D eigenvalue weighted by molar-refractivity contribution is 7.99. The normalized spacial score (nSPS) is 10.3. The van der Waals surface area contributed by atoms with Gasteiger partial charge in [-0.2, -0.15) is 0 Å². The Morgan fingerprint density at radius 3 is 2.30 bits per heavy atom. The van der Waals surface area contributed by atoms with E-state index in [0.29, 0.717) is 17.2 Å². The molecule has 3 aromatic rings. The number of nitrogens with one attached hydrogen (secondary N) is 2.